The largest absolute Gasteiger partial charge is 0.121 e. The van der Waals surface area contributed by atoms with Gasteiger partial charge in [-0.1, -0.05) is 66.3 Å². The fraction of sp³-hybridized carbons (Fsp3) is 0.158. The molecule has 99 valence electrons. The molecule has 1 heteroatoms. The van der Waals surface area contributed by atoms with Crippen LogP contribution in [-0.4, -0.2) is 5.75 Å². The number of benzene rings is 2. The van der Waals surface area contributed by atoms with Crippen molar-refractivity contribution in [2.45, 2.75) is 17.7 Å². The van der Waals surface area contributed by atoms with Crippen LogP contribution in [0.4, 0.5) is 0 Å². The van der Waals surface area contributed by atoms with E-state index in [-0.39, 0.29) is 0 Å². The Bertz CT molecular complexity index is 623. The van der Waals surface area contributed by atoms with Crippen LogP contribution in [0, 0.1) is 6.07 Å². The summed E-state index contributed by atoms with van der Waals surface area (Å²) in [5.74, 6) is 1.08. The van der Waals surface area contributed by atoms with Gasteiger partial charge in [-0.3, -0.25) is 0 Å². The molecule has 0 bridgehead atoms. The molecule has 0 aliphatic heterocycles. The lowest BCUT2D eigenvalue weighted by Gasteiger charge is -2.12. The molecule has 0 nitrogen and oxygen atoms in total. The van der Waals surface area contributed by atoms with E-state index in [1.54, 1.807) is 0 Å². The molecule has 0 atom stereocenters. The first-order chi connectivity index (χ1) is 9.93. The van der Waals surface area contributed by atoms with Gasteiger partial charge in [-0.05, 0) is 36.1 Å². The number of allylic oxidation sites excluding steroid dienone is 3. The lowest BCUT2D eigenvalue weighted by atomic mass is 10.1. The Morgan fingerprint density at radius 1 is 1.05 bits per heavy atom. The van der Waals surface area contributed by atoms with E-state index in [0.29, 0.717) is 0 Å². The molecular formula is C19H17S. The zero-order chi connectivity index (χ0) is 13.6. The molecule has 0 N–H and O–H groups in total. The monoisotopic (exact) mass is 277 g/mol. The van der Waals surface area contributed by atoms with Crippen LogP contribution < -0.4 is 0 Å². The van der Waals surface area contributed by atoms with E-state index in [4.69, 9.17) is 0 Å². The molecular weight excluding hydrogens is 260 g/mol. The summed E-state index contributed by atoms with van der Waals surface area (Å²) >= 11 is 1.93. The number of thioether (sulfide) groups is 1. The van der Waals surface area contributed by atoms with Gasteiger partial charge in [0.05, 0.1) is 0 Å². The Labute approximate surface area is 125 Å². The van der Waals surface area contributed by atoms with Crippen molar-refractivity contribution in [2.75, 3.05) is 5.75 Å². The average Bonchev–Trinajstić information content (AvgIpc) is 2.55. The summed E-state index contributed by atoms with van der Waals surface area (Å²) in [6.07, 6.45) is 9.05. The van der Waals surface area contributed by atoms with Crippen LogP contribution in [0.25, 0.3) is 11.1 Å². The van der Waals surface area contributed by atoms with Gasteiger partial charge in [0.2, 0.25) is 0 Å². The second kappa shape index (κ2) is 6.62. The van der Waals surface area contributed by atoms with Gasteiger partial charge in [0, 0.05) is 10.6 Å². The Balaban J connectivity index is 1.80. The molecule has 2 aromatic rings. The Hall–Kier alpha value is -1.73. The van der Waals surface area contributed by atoms with Gasteiger partial charge < -0.3 is 0 Å². The Morgan fingerprint density at radius 2 is 1.95 bits per heavy atom. The molecule has 0 heterocycles. The first-order valence-corrected chi connectivity index (χ1v) is 7.95. The summed E-state index contributed by atoms with van der Waals surface area (Å²) < 4.78 is 0. The SMILES string of the molecule is [c]1ccccc1-c1ccccc1SCC1=CC=CCC1. The van der Waals surface area contributed by atoms with Crippen molar-refractivity contribution < 1.29 is 0 Å². The zero-order valence-electron chi connectivity index (χ0n) is 11.4. The lowest BCUT2D eigenvalue weighted by molar-refractivity contribution is 0.966. The molecule has 0 fully saturated rings. The van der Waals surface area contributed by atoms with Gasteiger partial charge >= 0.3 is 0 Å². The molecule has 3 rings (SSSR count). The minimum atomic E-state index is 1.08. The van der Waals surface area contributed by atoms with E-state index in [2.05, 4.69) is 60.7 Å². The van der Waals surface area contributed by atoms with Crippen LogP contribution in [0.3, 0.4) is 0 Å². The van der Waals surface area contributed by atoms with Crippen LogP contribution >= 0.6 is 11.8 Å². The molecule has 1 aliphatic carbocycles. The van der Waals surface area contributed by atoms with Crippen molar-refractivity contribution in [1.29, 1.82) is 0 Å². The molecule has 0 aromatic heterocycles. The molecule has 0 saturated heterocycles. The van der Waals surface area contributed by atoms with E-state index in [1.165, 1.54) is 34.4 Å². The third-order valence-electron chi connectivity index (χ3n) is 3.40. The summed E-state index contributed by atoms with van der Waals surface area (Å²) in [4.78, 5) is 1.34. The summed E-state index contributed by atoms with van der Waals surface area (Å²) in [6, 6.07) is 20.1. The van der Waals surface area contributed by atoms with Gasteiger partial charge in [0.15, 0.2) is 0 Å². The minimum Gasteiger partial charge on any atom is -0.121 e. The van der Waals surface area contributed by atoms with Gasteiger partial charge in [-0.25, -0.2) is 0 Å². The van der Waals surface area contributed by atoms with Crippen LogP contribution in [0.5, 0.6) is 0 Å². The Kier molecular flexibility index (Phi) is 4.39. The van der Waals surface area contributed by atoms with Crippen molar-refractivity contribution in [3.63, 3.8) is 0 Å². The number of rotatable bonds is 4. The maximum absolute atomic E-state index is 3.32. The zero-order valence-corrected chi connectivity index (χ0v) is 12.2. The highest BCUT2D eigenvalue weighted by molar-refractivity contribution is 7.99. The first kappa shape index (κ1) is 13.3. The van der Waals surface area contributed by atoms with E-state index in [1.807, 2.05) is 23.9 Å². The average molecular weight is 277 g/mol. The van der Waals surface area contributed by atoms with E-state index < -0.39 is 0 Å². The summed E-state index contributed by atoms with van der Waals surface area (Å²) in [5.41, 5.74) is 3.99. The van der Waals surface area contributed by atoms with Gasteiger partial charge in [-0.2, -0.15) is 0 Å². The summed E-state index contributed by atoms with van der Waals surface area (Å²) in [6.45, 7) is 0. The number of hydrogen-bond donors (Lipinski definition) is 0. The third-order valence-corrected chi connectivity index (χ3v) is 4.58. The fourth-order valence-corrected chi connectivity index (χ4v) is 3.41. The minimum absolute atomic E-state index is 1.08. The highest BCUT2D eigenvalue weighted by Crippen LogP contribution is 2.32. The van der Waals surface area contributed by atoms with E-state index in [9.17, 15) is 0 Å². The molecule has 0 spiro atoms. The van der Waals surface area contributed by atoms with Crippen molar-refractivity contribution in [3.05, 3.63) is 78.4 Å². The maximum atomic E-state index is 3.32. The van der Waals surface area contributed by atoms with Crippen molar-refractivity contribution in [2.24, 2.45) is 0 Å². The molecule has 0 saturated carbocycles. The number of hydrogen-bond acceptors (Lipinski definition) is 1. The maximum Gasteiger partial charge on any atom is 0.0194 e. The smallest absolute Gasteiger partial charge is 0.0194 e. The predicted molar refractivity (Wildman–Crippen MR) is 87.9 cm³/mol. The quantitative estimate of drug-likeness (QED) is 0.663. The van der Waals surface area contributed by atoms with Crippen molar-refractivity contribution in [3.8, 4) is 11.1 Å². The highest BCUT2D eigenvalue weighted by atomic mass is 32.2. The van der Waals surface area contributed by atoms with E-state index >= 15 is 0 Å². The van der Waals surface area contributed by atoms with Crippen molar-refractivity contribution >= 4 is 11.8 Å². The fourth-order valence-electron chi connectivity index (χ4n) is 2.32. The predicted octanol–water partition coefficient (Wildman–Crippen LogP) is 5.52. The standard InChI is InChI=1S/C19H17S/c1-3-9-16(10-4-1)15-20-19-14-8-7-13-18(19)17-11-5-2-6-12-17/h1-3,5-9,11,13-14H,4,10,15H2. The van der Waals surface area contributed by atoms with Crippen molar-refractivity contribution in [1.82, 2.24) is 0 Å². The third kappa shape index (κ3) is 3.23. The van der Waals surface area contributed by atoms with Crippen LogP contribution in [0.2, 0.25) is 0 Å². The molecule has 2 aromatic carbocycles. The molecule has 20 heavy (non-hydrogen) atoms. The molecule has 0 unspecified atom stereocenters. The molecule has 0 amide bonds. The normalized spacial score (nSPS) is 14.1. The molecule has 1 aliphatic rings. The van der Waals surface area contributed by atoms with Gasteiger partial charge in [0.1, 0.15) is 0 Å². The Morgan fingerprint density at radius 3 is 2.75 bits per heavy atom. The second-order valence-corrected chi connectivity index (χ2v) is 5.87. The van der Waals surface area contributed by atoms with Gasteiger partial charge in [-0.15, -0.1) is 11.8 Å². The highest BCUT2D eigenvalue weighted by Gasteiger charge is 2.07. The van der Waals surface area contributed by atoms with Crippen LogP contribution in [0.15, 0.2) is 77.2 Å². The first-order valence-electron chi connectivity index (χ1n) is 6.97. The summed E-state index contributed by atoms with van der Waals surface area (Å²) in [5, 5.41) is 0. The van der Waals surface area contributed by atoms with Crippen LogP contribution in [0.1, 0.15) is 12.8 Å². The second-order valence-electron chi connectivity index (χ2n) is 4.85. The van der Waals surface area contributed by atoms with Gasteiger partial charge in [0.25, 0.3) is 0 Å². The topological polar surface area (TPSA) is 0 Å². The molecule has 1 radical (unpaired) electrons. The lowest BCUT2D eigenvalue weighted by Crippen LogP contribution is -1.91. The van der Waals surface area contributed by atoms with Crippen LogP contribution in [-0.2, 0) is 0 Å². The van der Waals surface area contributed by atoms with E-state index in [0.717, 1.165) is 5.75 Å². The summed E-state index contributed by atoms with van der Waals surface area (Å²) in [7, 11) is 0.